The predicted molar refractivity (Wildman–Crippen MR) is 64.6 cm³/mol. The molecule has 1 heterocycles. The SMILES string of the molecule is CCOC(=O)CN(C(=O)C1CNC(=O)C1)C(C)C. The van der Waals surface area contributed by atoms with E-state index in [0.717, 1.165) is 0 Å². The van der Waals surface area contributed by atoms with Crippen LogP contribution < -0.4 is 5.32 Å². The number of carbonyl (C=O) groups excluding carboxylic acids is 3. The number of ether oxygens (including phenoxy) is 1. The summed E-state index contributed by atoms with van der Waals surface area (Å²) in [7, 11) is 0. The van der Waals surface area contributed by atoms with Gasteiger partial charge in [0.15, 0.2) is 0 Å². The van der Waals surface area contributed by atoms with Crippen molar-refractivity contribution >= 4 is 17.8 Å². The van der Waals surface area contributed by atoms with E-state index in [9.17, 15) is 14.4 Å². The van der Waals surface area contributed by atoms with Crippen LogP contribution in [-0.4, -0.2) is 48.4 Å². The van der Waals surface area contributed by atoms with Crippen LogP contribution in [0.2, 0.25) is 0 Å². The molecule has 0 saturated carbocycles. The third-order valence-corrected chi connectivity index (χ3v) is 2.84. The molecule has 0 spiro atoms. The average molecular weight is 256 g/mol. The Hall–Kier alpha value is -1.59. The Morgan fingerprint density at radius 2 is 2.17 bits per heavy atom. The zero-order valence-electron chi connectivity index (χ0n) is 11.1. The largest absolute Gasteiger partial charge is 0.465 e. The lowest BCUT2D eigenvalue weighted by molar-refractivity contribution is -0.151. The molecule has 1 atom stereocenters. The maximum absolute atomic E-state index is 12.2. The molecule has 1 unspecified atom stereocenters. The lowest BCUT2D eigenvalue weighted by Crippen LogP contribution is -2.44. The molecule has 1 fully saturated rings. The number of amides is 2. The highest BCUT2D eigenvalue weighted by atomic mass is 16.5. The molecule has 1 rings (SSSR count). The van der Waals surface area contributed by atoms with Crippen LogP contribution in [0.3, 0.4) is 0 Å². The van der Waals surface area contributed by atoms with E-state index in [0.29, 0.717) is 13.2 Å². The van der Waals surface area contributed by atoms with Gasteiger partial charge in [-0.05, 0) is 20.8 Å². The van der Waals surface area contributed by atoms with Crippen LogP contribution in [0.15, 0.2) is 0 Å². The van der Waals surface area contributed by atoms with Gasteiger partial charge in [0.25, 0.3) is 0 Å². The summed E-state index contributed by atoms with van der Waals surface area (Å²) in [4.78, 5) is 36.2. The Balaban J connectivity index is 2.63. The van der Waals surface area contributed by atoms with Gasteiger partial charge in [0.2, 0.25) is 11.8 Å². The second-order valence-corrected chi connectivity index (χ2v) is 4.57. The number of hydrogen-bond acceptors (Lipinski definition) is 4. The molecule has 0 aromatic carbocycles. The van der Waals surface area contributed by atoms with Gasteiger partial charge in [-0.15, -0.1) is 0 Å². The average Bonchev–Trinajstić information content (AvgIpc) is 2.72. The normalized spacial score (nSPS) is 18.7. The van der Waals surface area contributed by atoms with Gasteiger partial charge in [0, 0.05) is 19.0 Å². The monoisotopic (exact) mass is 256 g/mol. The van der Waals surface area contributed by atoms with Gasteiger partial charge in [-0.25, -0.2) is 0 Å². The minimum Gasteiger partial charge on any atom is -0.465 e. The van der Waals surface area contributed by atoms with E-state index in [1.807, 2.05) is 13.8 Å². The van der Waals surface area contributed by atoms with Crippen LogP contribution in [0.25, 0.3) is 0 Å². The minimum atomic E-state index is -0.420. The van der Waals surface area contributed by atoms with E-state index in [4.69, 9.17) is 4.74 Å². The quantitative estimate of drug-likeness (QED) is 0.698. The van der Waals surface area contributed by atoms with Crippen LogP contribution in [-0.2, 0) is 19.1 Å². The predicted octanol–water partition coefficient (Wildman–Crippen LogP) is -0.0774. The Bertz CT molecular complexity index is 341. The van der Waals surface area contributed by atoms with Crippen LogP contribution >= 0.6 is 0 Å². The number of rotatable bonds is 5. The van der Waals surface area contributed by atoms with Crippen molar-refractivity contribution in [2.75, 3.05) is 19.7 Å². The van der Waals surface area contributed by atoms with Gasteiger partial charge in [-0.3, -0.25) is 14.4 Å². The standard InChI is InChI=1S/C12H20N2O4/c1-4-18-11(16)7-14(8(2)3)12(17)9-5-10(15)13-6-9/h8-9H,4-7H2,1-3H3,(H,13,15). The van der Waals surface area contributed by atoms with Crippen molar-refractivity contribution in [1.82, 2.24) is 10.2 Å². The summed E-state index contributed by atoms with van der Waals surface area (Å²) in [5.41, 5.74) is 0. The smallest absolute Gasteiger partial charge is 0.325 e. The van der Waals surface area contributed by atoms with Gasteiger partial charge in [0.1, 0.15) is 6.54 Å². The van der Waals surface area contributed by atoms with Gasteiger partial charge >= 0.3 is 5.97 Å². The summed E-state index contributed by atoms with van der Waals surface area (Å²) in [5, 5.41) is 2.62. The molecule has 0 radical (unpaired) electrons. The molecular weight excluding hydrogens is 236 g/mol. The van der Waals surface area contributed by atoms with Crippen molar-refractivity contribution in [2.45, 2.75) is 33.2 Å². The van der Waals surface area contributed by atoms with Gasteiger partial charge < -0.3 is 15.0 Å². The second kappa shape index (κ2) is 6.37. The summed E-state index contributed by atoms with van der Waals surface area (Å²) in [5.74, 6) is -1.07. The van der Waals surface area contributed by atoms with Gasteiger partial charge in [-0.2, -0.15) is 0 Å². The fourth-order valence-corrected chi connectivity index (χ4v) is 1.87. The van der Waals surface area contributed by atoms with Gasteiger partial charge in [-0.1, -0.05) is 0 Å². The number of nitrogens with zero attached hydrogens (tertiary/aromatic N) is 1. The van der Waals surface area contributed by atoms with Crippen LogP contribution in [0.1, 0.15) is 27.2 Å². The minimum absolute atomic E-state index is 0.0605. The van der Waals surface area contributed by atoms with Crippen molar-refractivity contribution in [3.63, 3.8) is 0 Å². The summed E-state index contributed by atoms with van der Waals surface area (Å²) < 4.78 is 4.84. The first-order chi connectivity index (χ1) is 8.45. The van der Waals surface area contributed by atoms with Crippen molar-refractivity contribution < 1.29 is 19.1 Å². The fraction of sp³-hybridized carbons (Fsp3) is 0.750. The zero-order chi connectivity index (χ0) is 13.7. The summed E-state index contributed by atoms with van der Waals surface area (Å²) in [6.07, 6.45) is 0.199. The zero-order valence-corrected chi connectivity index (χ0v) is 11.1. The van der Waals surface area contributed by atoms with E-state index in [2.05, 4.69) is 5.32 Å². The molecule has 2 amide bonds. The maximum Gasteiger partial charge on any atom is 0.325 e. The number of hydrogen-bond donors (Lipinski definition) is 1. The van der Waals surface area contributed by atoms with E-state index in [1.165, 1.54) is 4.90 Å². The Kier molecular flexibility index (Phi) is 5.12. The number of esters is 1. The summed E-state index contributed by atoms with van der Waals surface area (Å²) >= 11 is 0. The fourth-order valence-electron chi connectivity index (χ4n) is 1.87. The van der Waals surface area contributed by atoms with Crippen molar-refractivity contribution in [3.05, 3.63) is 0 Å². The lowest BCUT2D eigenvalue weighted by Gasteiger charge is -2.27. The third kappa shape index (κ3) is 3.72. The Morgan fingerprint density at radius 3 is 2.61 bits per heavy atom. The van der Waals surface area contributed by atoms with E-state index < -0.39 is 5.97 Å². The first-order valence-corrected chi connectivity index (χ1v) is 6.18. The summed E-state index contributed by atoms with van der Waals surface area (Å²) in [6.45, 7) is 5.98. The number of nitrogens with one attached hydrogen (secondary N) is 1. The molecule has 0 aliphatic carbocycles. The lowest BCUT2D eigenvalue weighted by atomic mass is 10.1. The topological polar surface area (TPSA) is 75.7 Å². The second-order valence-electron chi connectivity index (χ2n) is 4.57. The van der Waals surface area contributed by atoms with Crippen molar-refractivity contribution in [2.24, 2.45) is 5.92 Å². The van der Waals surface area contributed by atoms with Gasteiger partial charge in [0.05, 0.1) is 12.5 Å². The molecule has 1 aliphatic heterocycles. The molecule has 1 saturated heterocycles. The highest BCUT2D eigenvalue weighted by Gasteiger charge is 2.33. The van der Waals surface area contributed by atoms with E-state index in [-0.39, 0.29) is 36.7 Å². The molecule has 6 heteroatoms. The number of carbonyl (C=O) groups is 3. The van der Waals surface area contributed by atoms with Crippen LogP contribution in [0.5, 0.6) is 0 Å². The molecule has 0 aromatic rings. The Labute approximate surface area is 107 Å². The third-order valence-electron chi connectivity index (χ3n) is 2.84. The molecule has 6 nitrogen and oxygen atoms in total. The molecular formula is C12H20N2O4. The van der Waals surface area contributed by atoms with Crippen molar-refractivity contribution in [1.29, 1.82) is 0 Å². The van der Waals surface area contributed by atoms with Crippen LogP contribution in [0, 0.1) is 5.92 Å². The maximum atomic E-state index is 12.2. The Morgan fingerprint density at radius 1 is 1.50 bits per heavy atom. The molecule has 0 bridgehead atoms. The molecule has 1 N–H and O–H groups in total. The van der Waals surface area contributed by atoms with E-state index in [1.54, 1.807) is 6.92 Å². The summed E-state index contributed by atoms with van der Waals surface area (Å²) in [6, 6.07) is -0.0994. The molecule has 18 heavy (non-hydrogen) atoms. The van der Waals surface area contributed by atoms with Crippen molar-refractivity contribution in [3.8, 4) is 0 Å². The first kappa shape index (κ1) is 14.5. The molecule has 102 valence electrons. The van der Waals surface area contributed by atoms with E-state index >= 15 is 0 Å². The highest BCUT2D eigenvalue weighted by Crippen LogP contribution is 2.14. The first-order valence-electron chi connectivity index (χ1n) is 6.18. The molecule has 1 aliphatic rings. The van der Waals surface area contributed by atoms with Crippen LogP contribution in [0.4, 0.5) is 0 Å². The highest BCUT2D eigenvalue weighted by molar-refractivity contribution is 5.90. The molecule has 0 aromatic heterocycles.